The zero-order valence-electron chi connectivity index (χ0n) is 65.9. The van der Waals surface area contributed by atoms with E-state index in [1.807, 2.05) is 30.3 Å². The highest BCUT2D eigenvalue weighted by molar-refractivity contribution is 6.10. The van der Waals surface area contributed by atoms with Crippen molar-refractivity contribution in [2.24, 2.45) is 0 Å². The van der Waals surface area contributed by atoms with E-state index in [1.165, 1.54) is 44.5 Å². The Labute approximate surface area is 600 Å². The van der Waals surface area contributed by atoms with Crippen molar-refractivity contribution in [1.82, 2.24) is 4.57 Å². The van der Waals surface area contributed by atoms with Gasteiger partial charge in [0, 0.05) is 61.5 Å². The Morgan fingerprint density at radius 1 is 0.280 bits per heavy atom. The molecule has 0 saturated carbocycles. The Bertz CT molecular complexity index is 5920. The molecule has 2 aliphatic carbocycles. The highest BCUT2D eigenvalue weighted by Gasteiger charge is 2.52. The van der Waals surface area contributed by atoms with Crippen LogP contribution < -0.4 is 9.80 Å². The third-order valence-corrected chi connectivity index (χ3v) is 20.6. The summed E-state index contributed by atoms with van der Waals surface area (Å²) in [5.74, 6) is 0. The molecule has 1 heterocycles. The van der Waals surface area contributed by atoms with Crippen LogP contribution in [0.15, 0.2) is 327 Å². The summed E-state index contributed by atoms with van der Waals surface area (Å²) in [7, 11) is 0. The molecule has 0 saturated heterocycles. The molecule has 17 rings (SSSR count). The molecule has 3 nitrogen and oxygen atoms in total. The molecule has 14 aromatic carbocycles. The number of hydrogen-bond donors (Lipinski definition) is 0. The lowest BCUT2D eigenvalue weighted by Gasteiger charge is -2.36. The fourth-order valence-electron chi connectivity index (χ4n) is 15.7. The molecule has 0 aliphatic heterocycles. The van der Waals surface area contributed by atoms with Gasteiger partial charge >= 0.3 is 0 Å². The van der Waals surface area contributed by atoms with Crippen molar-refractivity contribution in [2.75, 3.05) is 9.80 Å². The van der Waals surface area contributed by atoms with Crippen LogP contribution in [0.4, 0.5) is 34.1 Å². The molecule has 484 valence electrons. The highest BCUT2D eigenvalue weighted by Crippen LogP contribution is 2.64. The summed E-state index contributed by atoms with van der Waals surface area (Å²) in [6.45, 7) is 20.4. The number of aromatic nitrogens is 1. The van der Waals surface area contributed by atoms with Crippen molar-refractivity contribution in [1.29, 1.82) is 0 Å². The number of hydrogen-bond acceptors (Lipinski definition) is 2. The number of fused-ring (bicyclic) bond motifs is 13. The molecule has 0 fully saturated rings. The first-order valence-electron chi connectivity index (χ1n) is 38.7. The van der Waals surface area contributed by atoms with Gasteiger partial charge in [-0.1, -0.05) is 305 Å². The minimum absolute atomic E-state index is 0.00623. The van der Waals surface area contributed by atoms with Crippen LogP contribution in [0.3, 0.4) is 0 Å². The first-order chi connectivity index (χ1) is 51.8. The molecule has 3 heteroatoms. The maximum absolute atomic E-state index is 9.72. The van der Waals surface area contributed by atoms with Crippen molar-refractivity contribution < 1.29 is 11.0 Å². The fraction of sp³-hybridized carbons (Fsp3) is 0.134. The summed E-state index contributed by atoms with van der Waals surface area (Å²) in [5.41, 5.74) is 25.0. The smallest absolute Gasteiger partial charge is 0.0725 e. The maximum atomic E-state index is 9.72. The van der Waals surface area contributed by atoms with Crippen LogP contribution in [0.1, 0.15) is 112 Å². The SMILES string of the molecule is [2H]c1c([2H])c([2H])c2c(c1[2H])c1c([2H])c([2H])c([2H])c([2H])c1n2-c1cccc(N(c2cc(N(c3ccc4c(c3)-c3ccccc3C43c4ccccc4-c4ccccc43)c3c(-c4ccccc4)cc(C(C)(C)C)cc3-c3ccccc3)cc(C(C)(C)C)c2)c2c(-c3ccccc3)cc(C(C)(C)C)cc2-c2ccccc2)c1. The Kier molecular flexibility index (Phi) is 12.8. The van der Waals surface area contributed by atoms with Crippen molar-refractivity contribution in [2.45, 2.75) is 84.0 Å². The third kappa shape index (κ3) is 10.2. The van der Waals surface area contributed by atoms with Crippen LogP contribution >= 0.6 is 0 Å². The molecule has 0 radical (unpaired) electrons. The van der Waals surface area contributed by atoms with E-state index < -0.39 is 47.1 Å². The molecule has 0 bridgehead atoms. The maximum Gasteiger partial charge on any atom is 0.0725 e. The molecule has 0 amide bonds. The van der Waals surface area contributed by atoms with Crippen LogP contribution in [0.25, 0.3) is 94.3 Å². The monoisotopic (exact) mass is 1300 g/mol. The molecule has 1 spiro atoms. The molecule has 0 atom stereocenters. The molecule has 0 N–H and O–H groups in total. The largest absolute Gasteiger partial charge is 0.309 e. The first-order valence-corrected chi connectivity index (χ1v) is 34.7. The highest BCUT2D eigenvalue weighted by atomic mass is 15.2. The molecular formula is C97H81N3. The summed E-state index contributed by atoms with van der Waals surface area (Å²) in [5, 5.41) is 0.0125. The standard InChI is InChI=1S/C97H81N3/c1-94(2,3)68-55-74(98(71-41-32-42-72(61-71)100-90-51-30-25-46-79(90)80-47-26-31-52-91(80)100)92-81(64-33-14-10-15-34-64)57-69(95(4,5)6)58-82(92)65-35-16-11-17-36-65)62-75(56-68)99(93-83(66-37-18-12-19-38-66)59-70(96(7,8)9)60-84(93)67-39-20-13-21-40-67)73-53-54-89-85(63-73)78-45-24-29-50-88(78)97(89)86-48-27-22-43-76(86)77-44-23-28-49-87(77)97/h10-63H,1-9H3/i25D,26D,30D,31D,46D,47D,51D,52D. The van der Waals surface area contributed by atoms with Crippen molar-refractivity contribution in [3.63, 3.8) is 0 Å². The second-order valence-electron chi connectivity index (χ2n) is 29.9. The Balaban J connectivity index is 1.04. The van der Waals surface area contributed by atoms with Gasteiger partial charge < -0.3 is 14.4 Å². The number of nitrogens with zero attached hydrogens (tertiary/aromatic N) is 3. The van der Waals surface area contributed by atoms with Crippen LogP contribution in [0.5, 0.6) is 0 Å². The van der Waals surface area contributed by atoms with Gasteiger partial charge in [0.2, 0.25) is 0 Å². The summed E-state index contributed by atoms with van der Waals surface area (Å²) in [6.07, 6.45) is 0. The molecule has 100 heavy (non-hydrogen) atoms. The van der Waals surface area contributed by atoms with Crippen molar-refractivity contribution in [3.8, 4) is 72.4 Å². The number of benzene rings is 14. The molecule has 0 unspecified atom stereocenters. The van der Waals surface area contributed by atoms with Gasteiger partial charge in [-0.15, -0.1) is 0 Å². The lowest BCUT2D eigenvalue weighted by molar-refractivity contribution is 0.590. The average Bonchev–Trinajstić information content (AvgIpc) is 1.51. The number of anilines is 6. The molecule has 15 aromatic rings. The second kappa shape index (κ2) is 23.9. The van der Waals surface area contributed by atoms with E-state index in [9.17, 15) is 8.22 Å². The van der Waals surface area contributed by atoms with Gasteiger partial charge in [-0.05, 0) is 185 Å². The number of rotatable bonds is 11. The van der Waals surface area contributed by atoms with Gasteiger partial charge in [0.15, 0.2) is 0 Å². The summed E-state index contributed by atoms with van der Waals surface area (Å²) in [4.78, 5) is 4.87. The summed E-state index contributed by atoms with van der Waals surface area (Å²) >= 11 is 0. The van der Waals surface area contributed by atoms with E-state index in [4.69, 9.17) is 2.74 Å². The van der Waals surface area contributed by atoms with E-state index in [-0.39, 0.29) is 44.7 Å². The van der Waals surface area contributed by atoms with Crippen LogP contribution in [0.2, 0.25) is 0 Å². The predicted molar refractivity (Wildman–Crippen MR) is 424 cm³/mol. The van der Waals surface area contributed by atoms with E-state index in [1.54, 1.807) is 4.57 Å². The van der Waals surface area contributed by atoms with Gasteiger partial charge in [-0.3, -0.25) is 0 Å². The van der Waals surface area contributed by atoms with E-state index >= 15 is 0 Å². The third-order valence-electron chi connectivity index (χ3n) is 20.6. The zero-order chi connectivity index (χ0) is 75.2. The summed E-state index contributed by atoms with van der Waals surface area (Å²) in [6, 6.07) is 97.7. The minimum atomic E-state index is -0.607. The van der Waals surface area contributed by atoms with Gasteiger partial charge in [0.05, 0.1) is 38.8 Å². The second-order valence-corrected chi connectivity index (χ2v) is 29.9. The summed E-state index contributed by atoms with van der Waals surface area (Å²) < 4.78 is 76.4. The lowest BCUT2D eigenvalue weighted by Crippen LogP contribution is -2.25. The normalized spacial score (nSPS) is 14.1. The lowest BCUT2D eigenvalue weighted by atomic mass is 9.70. The predicted octanol–water partition coefficient (Wildman–Crippen LogP) is 26.6. The molecular weight excluding hydrogens is 1210 g/mol. The molecule has 1 aromatic heterocycles. The quantitative estimate of drug-likeness (QED) is 0.128. The van der Waals surface area contributed by atoms with Gasteiger partial charge in [-0.2, -0.15) is 0 Å². The van der Waals surface area contributed by atoms with Crippen LogP contribution in [-0.2, 0) is 21.7 Å². The van der Waals surface area contributed by atoms with Gasteiger partial charge in [0.25, 0.3) is 0 Å². The average molecular weight is 1300 g/mol. The topological polar surface area (TPSA) is 11.4 Å². The van der Waals surface area contributed by atoms with Crippen LogP contribution in [0, 0.1) is 0 Å². The van der Waals surface area contributed by atoms with E-state index in [0.717, 1.165) is 89.6 Å². The zero-order valence-corrected chi connectivity index (χ0v) is 57.9. The van der Waals surface area contributed by atoms with Gasteiger partial charge in [0.1, 0.15) is 0 Å². The van der Waals surface area contributed by atoms with Gasteiger partial charge in [-0.25, -0.2) is 0 Å². The van der Waals surface area contributed by atoms with Crippen molar-refractivity contribution >= 4 is 55.9 Å². The van der Waals surface area contributed by atoms with E-state index in [2.05, 4.69) is 321 Å². The van der Waals surface area contributed by atoms with Crippen molar-refractivity contribution in [3.05, 3.63) is 366 Å². The fourth-order valence-corrected chi connectivity index (χ4v) is 15.7. The number of para-hydroxylation sites is 2. The minimum Gasteiger partial charge on any atom is -0.309 e. The van der Waals surface area contributed by atoms with E-state index in [0.29, 0.717) is 11.4 Å². The molecule has 2 aliphatic rings. The van der Waals surface area contributed by atoms with Crippen LogP contribution in [-0.4, -0.2) is 4.57 Å². The Hall–Kier alpha value is -11.5. The Morgan fingerprint density at radius 2 is 0.620 bits per heavy atom. The first kappa shape index (κ1) is 53.5. The Morgan fingerprint density at radius 3 is 1.02 bits per heavy atom.